The number of ketones is 1. The van der Waals surface area contributed by atoms with Gasteiger partial charge in [0.2, 0.25) is 20.0 Å². The van der Waals surface area contributed by atoms with E-state index in [4.69, 9.17) is 5.73 Å². The molecule has 4 aromatic rings. The van der Waals surface area contributed by atoms with Gasteiger partial charge in [0, 0.05) is 26.9 Å². The van der Waals surface area contributed by atoms with Crippen LogP contribution in [0.2, 0.25) is 0 Å². The zero-order valence-corrected chi connectivity index (χ0v) is 31.2. The Morgan fingerprint density at radius 2 is 1.17 bits per heavy atom. The largest absolute Gasteiger partial charge is 0.465 e. The molecule has 0 bridgehead atoms. The number of nitrogens with two attached hydrogens (primary N) is 1. The molecule has 0 fully saturated rings. The maximum atomic E-state index is 12.4. The predicted molar refractivity (Wildman–Crippen MR) is 193 cm³/mol. The van der Waals surface area contributed by atoms with E-state index in [1.54, 1.807) is 74.5 Å². The van der Waals surface area contributed by atoms with Crippen molar-refractivity contribution < 1.29 is 31.2 Å². The van der Waals surface area contributed by atoms with E-state index in [0.29, 0.717) is 33.9 Å². The standard InChI is InChI=1S/C16H18BrN3O3S.C16H17BrN2O4S/c1-2-24(22,23)20(15-5-3-4-13(17)8-15)11-14-7-6-12(10-19-14)16(21)9-18;1-3-24(21,22)19(15-6-4-5-13(17)9-15)11-14-8-7-12(10-18-14)16(20)23-2/h3-8,10H,2,9,11,18H2,1H3;4-10H,3,11H2,1-2H3. The molecule has 256 valence electrons. The summed E-state index contributed by atoms with van der Waals surface area (Å²) in [6.45, 7) is 3.26. The highest BCUT2D eigenvalue weighted by molar-refractivity contribution is 9.10. The number of halogens is 2. The number of rotatable bonds is 13. The summed E-state index contributed by atoms with van der Waals surface area (Å²) in [5.74, 6) is -0.749. The normalized spacial score (nSPS) is 11.2. The quantitative estimate of drug-likeness (QED) is 0.137. The molecule has 0 unspecified atom stereocenters. The van der Waals surface area contributed by atoms with Gasteiger partial charge >= 0.3 is 5.97 Å². The van der Waals surface area contributed by atoms with Crippen molar-refractivity contribution in [3.8, 4) is 0 Å². The van der Waals surface area contributed by atoms with Gasteiger partial charge in [-0.15, -0.1) is 0 Å². The first kappa shape index (κ1) is 38.7. The molecule has 2 N–H and O–H groups in total. The zero-order valence-electron chi connectivity index (χ0n) is 26.4. The van der Waals surface area contributed by atoms with E-state index in [1.165, 1.54) is 28.1 Å². The topological polar surface area (TPSA) is 170 Å². The Kier molecular flexibility index (Phi) is 14.2. The monoisotopic (exact) mass is 823 g/mol. The van der Waals surface area contributed by atoms with E-state index < -0.39 is 26.0 Å². The lowest BCUT2D eigenvalue weighted by Crippen LogP contribution is -2.32. The van der Waals surface area contributed by atoms with E-state index >= 15 is 0 Å². The maximum absolute atomic E-state index is 12.4. The fraction of sp³-hybridized carbons (Fsp3) is 0.250. The number of benzene rings is 2. The smallest absolute Gasteiger partial charge is 0.339 e. The van der Waals surface area contributed by atoms with Crippen LogP contribution in [0.1, 0.15) is 46.0 Å². The van der Waals surface area contributed by atoms with Crippen molar-refractivity contribution in [2.75, 3.05) is 33.8 Å². The van der Waals surface area contributed by atoms with Crippen molar-refractivity contribution in [2.45, 2.75) is 26.9 Å². The first-order valence-electron chi connectivity index (χ1n) is 14.5. The molecule has 0 saturated heterocycles. The van der Waals surface area contributed by atoms with Crippen LogP contribution < -0.4 is 14.3 Å². The summed E-state index contributed by atoms with van der Waals surface area (Å²) >= 11 is 6.70. The summed E-state index contributed by atoms with van der Waals surface area (Å²) in [4.78, 5) is 31.3. The van der Waals surface area contributed by atoms with E-state index in [9.17, 15) is 26.4 Å². The Morgan fingerprint density at radius 1 is 0.729 bits per heavy atom. The number of nitrogens with zero attached hydrogens (tertiary/aromatic N) is 4. The second-order valence-corrected chi connectivity index (χ2v) is 16.2. The van der Waals surface area contributed by atoms with Crippen LogP contribution in [0.3, 0.4) is 0 Å². The molecule has 2 aromatic heterocycles. The van der Waals surface area contributed by atoms with Crippen LogP contribution in [0.25, 0.3) is 0 Å². The molecule has 12 nitrogen and oxygen atoms in total. The molecule has 0 atom stereocenters. The number of anilines is 2. The first-order valence-corrected chi connectivity index (χ1v) is 19.3. The van der Waals surface area contributed by atoms with Gasteiger partial charge in [-0.25, -0.2) is 21.6 Å². The molecule has 2 heterocycles. The zero-order chi connectivity index (χ0) is 35.5. The Hall–Kier alpha value is -3.70. The van der Waals surface area contributed by atoms with Gasteiger partial charge in [-0.05, 0) is 74.5 Å². The number of carbonyl (C=O) groups excluding carboxylic acids is 2. The molecule has 0 amide bonds. The van der Waals surface area contributed by atoms with E-state index in [-0.39, 0.29) is 36.9 Å². The third kappa shape index (κ3) is 10.7. The van der Waals surface area contributed by atoms with Crippen LogP contribution in [-0.2, 0) is 37.9 Å². The van der Waals surface area contributed by atoms with Gasteiger partial charge in [0.1, 0.15) is 0 Å². The number of methoxy groups -OCH3 is 1. The maximum Gasteiger partial charge on any atom is 0.339 e. The second kappa shape index (κ2) is 17.6. The number of ether oxygens (including phenoxy) is 1. The van der Waals surface area contributed by atoms with E-state index in [1.807, 2.05) is 12.1 Å². The summed E-state index contributed by atoms with van der Waals surface area (Å²) in [6, 6.07) is 20.5. The molecule has 0 saturated carbocycles. The number of Topliss-reactive ketones (excluding diaryl/α,β-unsaturated/α-hetero) is 1. The van der Waals surface area contributed by atoms with Gasteiger partial charge in [0.25, 0.3) is 0 Å². The van der Waals surface area contributed by atoms with Crippen LogP contribution in [-0.4, -0.2) is 63.7 Å². The number of esters is 1. The minimum atomic E-state index is -3.48. The van der Waals surface area contributed by atoms with Crippen molar-refractivity contribution >= 4 is 75.0 Å². The Labute approximate surface area is 297 Å². The van der Waals surface area contributed by atoms with Gasteiger partial charge in [0.05, 0.1) is 66.6 Å². The van der Waals surface area contributed by atoms with Crippen LogP contribution in [0.4, 0.5) is 11.4 Å². The summed E-state index contributed by atoms with van der Waals surface area (Å²) in [5.41, 5.74) is 8.21. The summed E-state index contributed by atoms with van der Waals surface area (Å²) in [5, 5.41) is 0. The van der Waals surface area contributed by atoms with Crippen molar-refractivity contribution in [2.24, 2.45) is 5.73 Å². The molecule has 4 rings (SSSR count). The third-order valence-electron chi connectivity index (χ3n) is 6.78. The summed E-state index contributed by atoms with van der Waals surface area (Å²) < 4.78 is 58.6. The van der Waals surface area contributed by atoms with Crippen molar-refractivity contribution in [3.05, 3.63) is 117 Å². The number of carbonyl (C=O) groups is 2. The highest BCUT2D eigenvalue weighted by atomic mass is 79.9. The van der Waals surface area contributed by atoms with Crippen LogP contribution >= 0.6 is 31.9 Å². The minimum Gasteiger partial charge on any atom is -0.465 e. The molecule has 48 heavy (non-hydrogen) atoms. The first-order chi connectivity index (χ1) is 22.7. The Morgan fingerprint density at radius 3 is 1.50 bits per heavy atom. The highest BCUT2D eigenvalue weighted by Crippen LogP contribution is 2.26. The van der Waals surface area contributed by atoms with E-state index in [2.05, 4.69) is 46.6 Å². The van der Waals surface area contributed by atoms with Crippen LogP contribution in [0.5, 0.6) is 0 Å². The molecule has 16 heteroatoms. The SMILES string of the molecule is CCS(=O)(=O)N(Cc1ccc(C(=O)CN)cn1)c1cccc(Br)c1.CCS(=O)(=O)N(Cc1ccc(C(=O)OC)cn1)c1cccc(Br)c1. The van der Waals surface area contributed by atoms with Crippen LogP contribution in [0, 0.1) is 0 Å². The molecule has 0 radical (unpaired) electrons. The van der Waals surface area contributed by atoms with Gasteiger partial charge in [0.15, 0.2) is 5.78 Å². The van der Waals surface area contributed by atoms with Gasteiger partial charge in [-0.3, -0.25) is 23.4 Å². The molecule has 0 spiro atoms. The fourth-order valence-electron chi connectivity index (χ4n) is 4.13. The highest BCUT2D eigenvalue weighted by Gasteiger charge is 2.23. The molecule has 0 aliphatic rings. The van der Waals surface area contributed by atoms with Gasteiger partial charge < -0.3 is 10.5 Å². The number of aromatic nitrogens is 2. The fourth-order valence-corrected chi connectivity index (χ4v) is 7.05. The molecule has 2 aromatic carbocycles. The lowest BCUT2D eigenvalue weighted by Gasteiger charge is -2.23. The lowest BCUT2D eigenvalue weighted by molar-refractivity contribution is 0.0600. The van der Waals surface area contributed by atoms with Crippen LogP contribution in [0.15, 0.2) is 94.1 Å². The molecular weight excluding hydrogens is 790 g/mol. The summed E-state index contributed by atoms with van der Waals surface area (Å²) in [7, 11) is -5.66. The second-order valence-electron chi connectivity index (χ2n) is 9.97. The average molecular weight is 826 g/mol. The van der Waals surface area contributed by atoms with Gasteiger partial charge in [-0.1, -0.05) is 44.0 Å². The van der Waals surface area contributed by atoms with Crippen molar-refractivity contribution in [1.29, 1.82) is 0 Å². The third-order valence-corrected chi connectivity index (χ3v) is 11.3. The number of hydrogen-bond donors (Lipinski definition) is 1. The predicted octanol–water partition coefficient (Wildman–Crippen LogP) is 5.33. The van der Waals surface area contributed by atoms with Crippen molar-refractivity contribution in [1.82, 2.24) is 9.97 Å². The van der Waals surface area contributed by atoms with Crippen molar-refractivity contribution in [3.63, 3.8) is 0 Å². The molecule has 0 aliphatic carbocycles. The number of sulfonamides is 2. The average Bonchev–Trinajstić information content (AvgIpc) is 3.09. The molecular formula is C32H35Br2N5O7S2. The lowest BCUT2D eigenvalue weighted by atomic mass is 10.2. The summed E-state index contributed by atoms with van der Waals surface area (Å²) in [6.07, 6.45) is 2.79. The minimum absolute atomic E-state index is 0.0245. The van der Waals surface area contributed by atoms with E-state index in [0.717, 1.165) is 8.95 Å². The Balaban J connectivity index is 0.000000260. The molecule has 0 aliphatic heterocycles. The number of hydrogen-bond acceptors (Lipinski definition) is 10. The Bertz CT molecular complexity index is 1790. The number of pyridine rings is 2. The van der Waals surface area contributed by atoms with Gasteiger partial charge in [-0.2, -0.15) is 0 Å².